The molecule has 0 heterocycles. The number of ether oxygens (including phenoxy) is 3. The van der Waals surface area contributed by atoms with Gasteiger partial charge in [-0.05, 0) is 12.1 Å². The molecule has 0 amide bonds. The zero-order valence-corrected chi connectivity index (χ0v) is 9.26. The third-order valence-electron chi connectivity index (χ3n) is 1.84. The molecule has 7 nitrogen and oxygen atoms in total. The summed E-state index contributed by atoms with van der Waals surface area (Å²) in [5, 5.41) is 0. The van der Waals surface area contributed by atoms with Crippen LogP contribution in [0.3, 0.4) is 0 Å². The Balaban J connectivity index is 2.86. The fourth-order valence-electron chi connectivity index (χ4n) is 1.08. The van der Waals surface area contributed by atoms with Crippen LogP contribution in [-0.2, 0) is 14.4 Å². The first kappa shape index (κ1) is 12.8. The lowest BCUT2D eigenvalue weighted by molar-refractivity contribution is -0.162. The second-order valence-electron chi connectivity index (χ2n) is 2.81. The minimum absolute atomic E-state index is 0.109. The van der Waals surface area contributed by atoms with Crippen molar-refractivity contribution in [1.29, 1.82) is 0 Å². The van der Waals surface area contributed by atoms with E-state index in [-0.39, 0.29) is 5.75 Å². The quantitative estimate of drug-likeness (QED) is 0.345. The van der Waals surface area contributed by atoms with E-state index < -0.39 is 11.9 Å². The zero-order chi connectivity index (χ0) is 12.8. The summed E-state index contributed by atoms with van der Waals surface area (Å²) < 4.78 is 14.7. The van der Waals surface area contributed by atoms with Gasteiger partial charge in [-0.15, -0.1) is 0 Å². The van der Waals surface area contributed by atoms with E-state index in [0.29, 0.717) is 11.5 Å². The van der Waals surface area contributed by atoms with Gasteiger partial charge in [0.25, 0.3) is 0 Å². The summed E-state index contributed by atoms with van der Waals surface area (Å²) >= 11 is 0. The lowest BCUT2D eigenvalue weighted by atomic mass is 10.3. The molecule has 0 saturated heterocycles. The highest BCUT2D eigenvalue weighted by Gasteiger charge is 2.18. The summed E-state index contributed by atoms with van der Waals surface area (Å²) in [6.45, 7) is 0. The number of carbonyl (C=O) groups excluding carboxylic acids is 2. The molecule has 0 bridgehead atoms. The van der Waals surface area contributed by atoms with Gasteiger partial charge in [-0.25, -0.2) is 9.59 Å². The molecule has 1 aromatic carbocycles. The standard InChI is InChI=1S/C10H11NO6/c1-14-7-4-3-6(5-8(7)15-2)16-9(12)10(13)17-11/h3-5H,11H2,1-2H3. The van der Waals surface area contributed by atoms with Gasteiger partial charge in [0.15, 0.2) is 11.5 Å². The molecule has 1 rings (SSSR count). The number of hydrogen-bond donors (Lipinski definition) is 1. The van der Waals surface area contributed by atoms with Crippen molar-refractivity contribution in [3.05, 3.63) is 18.2 Å². The molecule has 0 atom stereocenters. The van der Waals surface area contributed by atoms with Gasteiger partial charge in [-0.2, -0.15) is 5.90 Å². The van der Waals surface area contributed by atoms with Crippen molar-refractivity contribution in [2.75, 3.05) is 14.2 Å². The van der Waals surface area contributed by atoms with Crippen LogP contribution in [0.1, 0.15) is 0 Å². The van der Waals surface area contributed by atoms with E-state index in [1.165, 1.54) is 32.4 Å². The van der Waals surface area contributed by atoms with Crippen LogP contribution in [0.25, 0.3) is 0 Å². The Labute approximate surface area is 97.0 Å². The average Bonchev–Trinajstić information content (AvgIpc) is 2.37. The van der Waals surface area contributed by atoms with Crippen LogP contribution in [0.4, 0.5) is 0 Å². The largest absolute Gasteiger partial charge is 0.493 e. The molecule has 17 heavy (non-hydrogen) atoms. The van der Waals surface area contributed by atoms with Crippen molar-refractivity contribution in [3.63, 3.8) is 0 Å². The molecule has 2 N–H and O–H groups in total. The second kappa shape index (κ2) is 5.71. The van der Waals surface area contributed by atoms with Crippen LogP contribution in [0.5, 0.6) is 17.2 Å². The second-order valence-corrected chi connectivity index (χ2v) is 2.81. The predicted molar refractivity (Wildman–Crippen MR) is 55.5 cm³/mol. The molecule has 7 heteroatoms. The monoisotopic (exact) mass is 241 g/mol. The van der Waals surface area contributed by atoms with Gasteiger partial charge in [-0.3, -0.25) is 0 Å². The maximum Gasteiger partial charge on any atom is 0.436 e. The number of hydrogen-bond acceptors (Lipinski definition) is 7. The van der Waals surface area contributed by atoms with E-state index in [1.807, 2.05) is 0 Å². The highest BCUT2D eigenvalue weighted by atomic mass is 16.7. The first-order valence-electron chi connectivity index (χ1n) is 4.47. The van der Waals surface area contributed by atoms with Crippen LogP contribution in [-0.4, -0.2) is 26.2 Å². The summed E-state index contributed by atoms with van der Waals surface area (Å²) in [6.07, 6.45) is 0. The van der Waals surface area contributed by atoms with Crippen molar-refractivity contribution < 1.29 is 28.6 Å². The molecule has 0 spiro atoms. The molecule has 0 unspecified atom stereocenters. The molecule has 0 aliphatic rings. The molecule has 0 saturated carbocycles. The van der Waals surface area contributed by atoms with Crippen molar-refractivity contribution in [1.82, 2.24) is 0 Å². The molecule has 0 aromatic heterocycles. The number of carbonyl (C=O) groups is 2. The number of nitrogens with two attached hydrogens (primary N) is 1. The van der Waals surface area contributed by atoms with Gasteiger partial charge in [-0.1, -0.05) is 0 Å². The van der Waals surface area contributed by atoms with E-state index >= 15 is 0 Å². The maximum absolute atomic E-state index is 11.0. The Morgan fingerprint density at radius 2 is 1.71 bits per heavy atom. The topological polar surface area (TPSA) is 97.1 Å². The van der Waals surface area contributed by atoms with Crippen LogP contribution in [0, 0.1) is 0 Å². The van der Waals surface area contributed by atoms with E-state index in [2.05, 4.69) is 15.5 Å². The van der Waals surface area contributed by atoms with Crippen molar-refractivity contribution in [3.8, 4) is 17.2 Å². The lowest BCUT2D eigenvalue weighted by Crippen LogP contribution is -2.25. The van der Waals surface area contributed by atoms with Gasteiger partial charge in [0, 0.05) is 6.07 Å². The smallest absolute Gasteiger partial charge is 0.436 e. The van der Waals surface area contributed by atoms with Crippen LogP contribution in [0.2, 0.25) is 0 Å². The molecule has 0 aliphatic heterocycles. The Kier molecular flexibility index (Phi) is 4.29. The van der Waals surface area contributed by atoms with Crippen molar-refractivity contribution >= 4 is 11.9 Å². The third-order valence-corrected chi connectivity index (χ3v) is 1.84. The number of esters is 1. The van der Waals surface area contributed by atoms with Gasteiger partial charge < -0.3 is 19.0 Å². The number of methoxy groups -OCH3 is 2. The molecule has 0 radical (unpaired) electrons. The Hall–Kier alpha value is -2.28. The number of benzene rings is 1. The summed E-state index contributed by atoms with van der Waals surface area (Å²) in [5.41, 5.74) is 0. The van der Waals surface area contributed by atoms with Gasteiger partial charge >= 0.3 is 11.9 Å². The summed E-state index contributed by atoms with van der Waals surface area (Å²) in [5.74, 6) is 2.95. The summed E-state index contributed by atoms with van der Waals surface area (Å²) in [6, 6.07) is 4.35. The maximum atomic E-state index is 11.0. The van der Waals surface area contributed by atoms with Gasteiger partial charge in [0.1, 0.15) is 5.75 Å². The SMILES string of the molecule is COc1ccc(OC(=O)C(=O)ON)cc1OC. The third kappa shape index (κ3) is 3.08. The number of rotatable bonds is 3. The molecule has 0 fully saturated rings. The van der Waals surface area contributed by atoms with E-state index in [1.54, 1.807) is 0 Å². The highest BCUT2D eigenvalue weighted by molar-refractivity contribution is 6.30. The molecular formula is C10H11NO6. The van der Waals surface area contributed by atoms with Crippen molar-refractivity contribution in [2.24, 2.45) is 5.90 Å². The van der Waals surface area contributed by atoms with E-state index in [0.717, 1.165) is 0 Å². The zero-order valence-electron chi connectivity index (χ0n) is 9.26. The van der Waals surface area contributed by atoms with Crippen molar-refractivity contribution in [2.45, 2.75) is 0 Å². The van der Waals surface area contributed by atoms with Crippen LogP contribution < -0.4 is 20.1 Å². The first-order chi connectivity index (χ1) is 8.12. The predicted octanol–water partition coefficient (Wildman–Crippen LogP) is 0.0261. The Morgan fingerprint density at radius 1 is 1.06 bits per heavy atom. The van der Waals surface area contributed by atoms with E-state index in [4.69, 9.17) is 9.47 Å². The average molecular weight is 241 g/mol. The fraction of sp³-hybridized carbons (Fsp3) is 0.200. The first-order valence-corrected chi connectivity index (χ1v) is 4.47. The molecule has 92 valence electrons. The minimum Gasteiger partial charge on any atom is -0.493 e. The lowest BCUT2D eigenvalue weighted by Gasteiger charge is -2.09. The summed E-state index contributed by atoms with van der Waals surface area (Å²) in [4.78, 5) is 25.5. The Bertz CT molecular complexity index is 431. The van der Waals surface area contributed by atoms with E-state index in [9.17, 15) is 9.59 Å². The van der Waals surface area contributed by atoms with Crippen LogP contribution in [0.15, 0.2) is 18.2 Å². The molecule has 0 aliphatic carbocycles. The minimum atomic E-state index is -1.29. The summed E-state index contributed by atoms with van der Waals surface area (Å²) in [7, 11) is 2.90. The molecule has 1 aromatic rings. The fourth-order valence-corrected chi connectivity index (χ4v) is 1.08. The highest BCUT2D eigenvalue weighted by Crippen LogP contribution is 2.30. The van der Waals surface area contributed by atoms with Gasteiger partial charge in [0.2, 0.25) is 0 Å². The normalized spacial score (nSPS) is 9.35. The molecular weight excluding hydrogens is 230 g/mol. The Morgan fingerprint density at radius 3 is 2.24 bits per heavy atom. The van der Waals surface area contributed by atoms with Crippen LogP contribution >= 0.6 is 0 Å². The van der Waals surface area contributed by atoms with Gasteiger partial charge in [0.05, 0.1) is 14.2 Å².